The van der Waals surface area contributed by atoms with Gasteiger partial charge in [-0.05, 0) is 53.2 Å². The standard InChI is InChI=1S/C40H22BrFN2O/c41-29-14-7-16-31-36(29)26-11-5-12-27(38(26)43-31)37-33(21-19-25-24-10-3-4-17-34(24)45-40(25)37)44-32-20-18-22-8-1-2-9-23(22)35(32)28-13-6-15-30(42)39(28)44/h1-21,43H. The van der Waals surface area contributed by atoms with Crippen LogP contribution in [-0.4, -0.2) is 9.55 Å². The summed E-state index contributed by atoms with van der Waals surface area (Å²) >= 11 is 3.78. The number of furan rings is 1. The number of benzene rings is 7. The summed E-state index contributed by atoms with van der Waals surface area (Å²) in [5.74, 6) is -0.267. The van der Waals surface area contributed by atoms with Crippen LogP contribution in [0.2, 0.25) is 0 Å². The largest absolute Gasteiger partial charge is 0.455 e. The molecule has 0 fully saturated rings. The van der Waals surface area contributed by atoms with Gasteiger partial charge >= 0.3 is 0 Å². The number of nitrogens with one attached hydrogen (secondary N) is 1. The minimum atomic E-state index is -0.267. The number of fused-ring (bicyclic) bond motifs is 11. The highest BCUT2D eigenvalue weighted by atomic mass is 79.9. The molecule has 3 aromatic heterocycles. The molecule has 45 heavy (non-hydrogen) atoms. The molecule has 3 nitrogen and oxygen atoms in total. The molecule has 1 N–H and O–H groups in total. The van der Waals surface area contributed by atoms with Gasteiger partial charge < -0.3 is 14.0 Å². The molecule has 0 aliphatic rings. The fraction of sp³-hybridized carbons (Fsp3) is 0. The van der Waals surface area contributed by atoms with Gasteiger partial charge in [0.1, 0.15) is 17.0 Å². The van der Waals surface area contributed by atoms with Crippen LogP contribution < -0.4 is 0 Å². The molecule has 0 atom stereocenters. The van der Waals surface area contributed by atoms with E-state index in [-0.39, 0.29) is 5.82 Å². The lowest BCUT2D eigenvalue weighted by Crippen LogP contribution is -1.99. The molecule has 0 saturated heterocycles. The van der Waals surface area contributed by atoms with Crippen molar-refractivity contribution in [1.82, 2.24) is 9.55 Å². The minimum Gasteiger partial charge on any atom is -0.455 e. The molecular weight excluding hydrogens is 623 g/mol. The van der Waals surface area contributed by atoms with E-state index in [9.17, 15) is 0 Å². The Bertz CT molecular complexity index is 2860. The Morgan fingerprint density at radius 3 is 2.33 bits per heavy atom. The molecule has 0 aliphatic heterocycles. The zero-order chi connectivity index (χ0) is 29.8. The van der Waals surface area contributed by atoms with Gasteiger partial charge in [-0.3, -0.25) is 0 Å². The van der Waals surface area contributed by atoms with E-state index in [0.717, 1.165) is 92.1 Å². The van der Waals surface area contributed by atoms with Gasteiger partial charge in [0, 0.05) is 47.9 Å². The van der Waals surface area contributed by atoms with Gasteiger partial charge in [-0.25, -0.2) is 4.39 Å². The van der Waals surface area contributed by atoms with Crippen molar-refractivity contribution in [3.8, 4) is 16.8 Å². The van der Waals surface area contributed by atoms with Crippen molar-refractivity contribution < 1.29 is 8.81 Å². The molecule has 0 unspecified atom stereocenters. The van der Waals surface area contributed by atoms with Crippen molar-refractivity contribution in [2.75, 3.05) is 0 Å². The van der Waals surface area contributed by atoms with Crippen LogP contribution >= 0.6 is 15.9 Å². The third kappa shape index (κ3) is 3.33. The second kappa shape index (κ2) is 9.07. The zero-order valence-corrected chi connectivity index (χ0v) is 25.3. The highest BCUT2D eigenvalue weighted by molar-refractivity contribution is 9.10. The number of halogens is 2. The van der Waals surface area contributed by atoms with Crippen LogP contribution in [0.3, 0.4) is 0 Å². The van der Waals surface area contributed by atoms with E-state index in [4.69, 9.17) is 4.42 Å². The summed E-state index contributed by atoms with van der Waals surface area (Å²) in [6.07, 6.45) is 0. The monoisotopic (exact) mass is 644 g/mol. The van der Waals surface area contributed by atoms with Gasteiger partial charge in [0.15, 0.2) is 0 Å². The summed E-state index contributed by atoms with van der Waals surface area (Å²) in [5.41, 5.74) is 7.87. The minimum absolute atomic E-state index is 0.267. The predicted molar refractivity (Wildman–Crippen MR) is 188 cm³/mol. The third-order valence-electron chi connectivity index (χ3n) is 9.27. The number of H-pyrrole nitrogens is 1. The average molecular weight is 646 g/mol. The molecule has 10 rings (SSSR count). The van der Waals surface area contributed by atoms with Crippen LogP contribution in [0.4, 0.5) is 4.39 Å². The first-order valence-electron chi connectivity index (χ1n) is 14.9. The first-order chi connectivity index (χ1) is 22.2. The summed E-state index contributed by atoms with van der Waals surface area (Å²) in [7, 11) is 0. The van der Waals surface area contributed by atoms with Crippen LogP contribution in [0.5, 0.6) is 0 Å². The first-order valence-corrected chi connectivity index (χ1v) is 15.7. The molecule has 0 saturated carbocycles. The lowest BCUT2D eigenvalue weighted by molar-refractivity contribution is 0.635. The van der Waals surface area contributed by atoms with E-state index in [1.54, 1.807) is 12.1 Å². The lowest BCUT2D eigenvalue weighted by Gasteiger charge is -2.16. The molecule has 0 radical (unpaired) electrons. The molecule has 7 aromatic carbocycles. The van der Waals surface area contributed by atoms with Crippen LogP contribution in [0, 0.1) is 5.82 Å². The van der Waals surface area contributed by atoms with E-state index in [1.165, 1.54) is 0 Å². The van der Waals surface area contributed by atoms with Crippen LogP contribution in [0.15, 0.2) is 136 Å². The smallest absolute Gasteiger partial charge is 0.147 e. The highest BCUT2D eigenvalue weighted by Gasteiger charge is 2.25. The number of aromatic amines is 1. The summed E-state index contributed by atoms with van der Waals surface area (Å²) in [6, 6.07) is 42.9. The Hall–Kier alpha value is -5.39. The lowest BCUT2D eigenvalue weighted by atomic mass is 9.97. The zero-order valence-electron chi connectivity index (χ0n) is 23.7. The molecular formula is C40H22BrFN2O. The van der Waals surface area contributed by atoms with E-state index in [0.29, 0.717) is 5.52 Å². The molecule has 0 bridgehead atoms. The molecule has 212 valence electrons. The second-order valence-corrected chi connectivity index (χ2v) is 12.5. The van der Waals surface area contributed by atoms with Crippen LogP contribution in [0.25, 0.3) is 93.1 Å². The third-order valence-corrected chi connectivity index (χ3v) is 9.93. The Morgan fingerprint density at radius 1 is 0.622 bits per heavy atom. The molecule has 0 spiro atoms. The number of rotatable bonds is 2. The van der Waals surface area contributed by atoms with Crippen molar-refractivity contribution in [2.45, 2.75) is 0 Å². The van der Waals surface area contributed by atoms with E-state index >= 15 is 4.39 Å². The maximum absolute atomic E-state index is 16.2. The van der Waals surface area contributed by atoms with E-state index in [1.807, 2.05) is 42.5 Å². The van der Waals surface area contributed by atoms with Crippen LogP contribution in [-0.2, 0) is 0 Å². The van der Waals surface area contributed by atoms with Crippen molar-refractivity contribution in [3.05, 3.63) is 138 Å². The van der Waals surface area contributed by atoms with E-state index in [2.05, 4.69) is 98.3 Å². The fourth-order valence-electron chi connectivity index (χ4n) is 7.41. The molecule has 10 aromatic rings. The van der Waals surface area contributed by atoms with Crippen molar-refractivity contribution in [1.29, 1.82) is 0 Å². The highest BCUT2D eigenvalue weighted by Crippen LogP contribution is 2.46. The fourth-order valence-corrected chi connectivity index (χ4v) is 7.99. The SMILES string of the molecule is Fc1cccc2c3c4ccccc4ccc3n(-c3ccc4c(oc5ccccc54)c3-c3cccc4c3[nH]c3cccc(Br)c34)c12. The predicted octanol–water partition coefficient (Wildman–Crippen LogP) is 12.0. The Balaban J connectivity index is 1.44. The number of para-hydroxylation sites is 3. The maximum atomic E-state index is 16.2. The van der Waals surface area contributed by atoms with Gasteiger partial charge in [0.05, 0.1) is 27.8 Å². The quantitative estimate of drug-likeness (QED) is 0.199. The number of hydrogen-bond acceptors (Lipinski definition) is 1. The normalized spacial score (nSPS) is 12.2. The Labute approximate surface area is 264 Å². The Kier molecular flexibility index (Phi) is 5.04. The van der Waals surface area contributed by atoms with Gasteiger partial charge in [-0.2, -0.15) is 0 Å². The van der Waals surface area contributed by atoms with Gasteiger partial charge in [0.25, 0.3) is 0 Å². The molecule has 0 aliphatic carbocycles. The average Bonchev–Trinajstić information content (AvgIpc) is 3.75. The number of nitrogens with zero attached hydrogens (tertiary/aromatic N) is 1. The summed E-state index contributed by atoms with van der Waals surface area (Å²) in [4.78, 5) is 3.71. The van der Waals surface area contributed by atoms with Crippen molar-refractivity contribution in [2.24, 2.45) is 0 Å². The van der Waals surface area contributed by atoms with Gasteiger partial charge in [-0.1, -0.05) is 101 Å². The van der Waals surface area contributed by atoms with Gasteiger partial charge in [-0.15, -0.1) is 0 Å². The first kappa shape index (κ1) is 25.0. The Morgan fingerprint density at radius 2 is 1.40 bits per heavy atom. The molecule has 3 heterocycles. The summed E-state index contributed by atoms with van der Waals surface area (Å²) < 4.78 is 26.0. The summed E-state index contributed by atoms with van der Waals surface area (Å²) in [6.45, 7) is 0. The van der Waals surface area contributed by atoms with E-state index < -0.39 is 0 Å². The number of hydrogen-bond donors (Lipinski definition) is 1. The molecule has 0 amide bonds. The maximum Gasteiger partial charge on any atom is 0.147 e. The number of aromatic nitrogens is 2. The van der Waals surface area contributed by atoms with Crippen LogP contribution in [0.1, 0.15) is 0 Å². The van der Waals surface area contributed by atoms with Crippen molar-refractivity contribution in [3.63, 3.8) is 0 Å². The molecule has 5 heteroatoms. The summed E-state index contributed by atoms with van der Waals surface area (Å²) in [5, 5.41) is 8.43. The topological polar surface area (TPSA) is 33.9 Å². The van der Waals surface area contributed by atoms with Crippen molar-refractivity contribution >= 4 is 92.3 Å². The second-order valence-electron chi connectivity index (χ2n) is 11.6. The van der Waals surface area contributed by atoms with Gasteiger partial charge in [0.2, 0.25) is 0 Å².